The zero-order valence-corrected chi connectivity index (χ0v) is 13.9. The molecule has 22 heavy (non-hydrogen) atoms. The van der Waals surface area contributed by atoms with Crippen LogP contribution >= 0.6 is 0 Å². The maximum atomic E-state index is 12.5. The summed E-state index contributed by atoms with van der Waals surface area (Å²) in [6.45, 7) is 9.26. The SMILES string of the molecule is CC(C)[C@](C)(C#N)NC(=O)[C@H](C)N1CCc2ccccc2C1. The van der Waals surface area contributed by atoms with Crippen molar-refractivity contribution in [3.63, 3.8) is 0 Å². The molecular weight excluding hydrogens is 274 g/mol. The Labute approximate surface area is 133 Å². The van der Waals surface area contributed by atoms with Crippen LogP contribution in [0.1, 0.15) is 38.8 Å². The largest absolute Gasteiger partial charge is 0.336 e. The maximum absolute atomic E-state index is 12.5. The molecule has 0 unspecified atom stereocenters. The van der Waals surface area contributed by atoms with Crippen LogP contribution in [0.3, 0.4) is 0 Å². The summed E-state index contributed by atoms with van der Waals surface area (Å²) in [5.41, 5.74) is 1.84. The summed E-state index contributed by atoms with van der Waals surface area (Å²) in [6.07, 6.45) is 0.966. The number of nitriles is 1. The molecule has 0 spiro atoms. The third-order valence-electron chi connectivity index (χ3n) is 4.86. The number of benzene rings is 1. The normalized spacial score (nSPS) is 18.9. The number of fused-ring (bicyclic) bond motifs is 1. The van der Waals surface area contributed by atoms with E-state index >= 15 is 0 Å². The summed E-state index contributed by atoms with van der Waals surface area (Å²) in [7, 11) is 0. The molecule has 0 fully saturated rings. The molecular formula is C18H25N3O. The summed E-state index contributed by atoms with van der Waals surface area (Å²) in [6, 6.07) is 10.4. The minimum Gasteiger partial charge on any atom is -0.336 e. The van der Waals surface area contributed by atoms with Crippen LogP contribution in [0.4, 0.5) is 0 Å². The average molecular weight is 299 g/mol. The smallest absolute Gasteiger partial charge is 0.238 e. The van der Waals surface area contributed by atoms with Crippen LogP contribution in [-0.4, -0.2) is 28.9 Å². The lowest BCUT2D eigenvalue weighted by Crippen LogP contribution is -2.55. The second-order valence-corrected chi connectivity index (χ2v) is 6.62. The van der Waals surface area contributed by atoms with Gasteiger partial charge in [0.05, 0.1) is 12.1 Å². The fourth-order valence-corrected chi connectivity index (χ4v) is 2.68. The zero-order valence-electron chi connectivity index (χ0n) is 13.9. The van der Waals surface area contributed by atoms with E-state index < -0.39 is 5.54 Å². The highest BCUT2D eigenvalue weighted by Crippen LogP contribution is 2.21. The van der Waals surface area contributed by atoms with Gasteiger partial charge < -0.3 is 5.32 Å². The van der Waals surface area contributed by atoms with E-state index in [0.29, 0.717) is 0 Å². The summed E-state index contributed by atoms with van der Waals surface area (Å²) in [4.78, 5) is 14.7. The van der Waals surface area contributed by atoms with Gasteiger partial charge in [0, 0.05) is 13.1 Å². The molecule has 1 heterocycles. The Bertz CT molecular complexity index is 590. The number of amides is 1. The van der Waals surface area contributed by atoms with E-state index in [2.05, 4.69) is 34.5 Å². The summed E-state index contributed by atoms with van der Waals surface area (Å²) in [5.74, 6) is -0.00661. The van der Waals surface area contributed by atoms with Gasteiger partial charge in [-0.25, -0.2) is 0 Å². The number of hydrogen-bond donors (Lipinski definition) is 1. The highest BCUT2D eigenvalue weighted by Gasteiger charge is 2.33. The van der Waals surface area contributed by atoms with Crippen molar-refractivity contribution in [2.45, 2.75) is 52.2 Å². The Kier molecular flexibility index (Phi) is 4.87. The molecule has 118 valence electrons. The molecule has 1 N–H and O–H groups in total. The fourth-order valence-electron chi connectivity index (χ4n) is 2.68. The van der Waals surface area contributed by atoms with Gasteiger partial charge in [-0.1, -0.05) is 38.1 Å². The third-order valence-corrected chi connectivity index (χ3v) is 4.86. The van der Waals surface area contributed by atoms with Crippen molar-refractivity contribution >= 4 is 5.91 Å². The van der Waals surface area contributed by atoms with Gasteiger partial charge in [-0.3, -0.25) is 9.69 Å². The van der Waals surface area contributed by atoms with Gasteiger partial charge in [0.2, 0.25) is 5.91 Å². The molecule has 2 rings (SSSR count). The first-order valence-corrected chi connectivity index (χ1v) is 7.91. The molecule has 4 nitrogen and oxygen atoms in total. The Morgan fingerprint density at radius 2 is 1.95 bits per heavy atom. The van der Waals surface area contributed by atoms with E-state index in [1.165, 1.54) is 11.1 Å². The monoisotopic (exact) mass is 299 g/mol. The van der Waals surface area contributed by atoms with Crippen LogP contribution < -0.4 is 5.32 Å². The summed E-state index contributed by atoms with van der Waals surface area (Å²) >= 11 is 0. The highest BCUT2D eigenvalue weighted by atomic mass is 16.2. The van der Waals surface area contributed by atoms with Gasteiger partial charge in [0.25, 0.3) is 0 Å². The first kappa shape index (κ1) is 16.5. The molecule has 0 saturated carbocycles. The van der Waals surface area contributed by atoms with Crippen molar-refractivity contribution in [2.75, 3.05) is 6.54 Å². The number of hydrogen-bond acceptors (Lipinski definition) is 3. The fraction of sp³-hybridized carbons (Fsp3) is 0.556. The first-order valence-electron chi connectivity index (χ1n) is 7.91. The quantitative estimate of drug-likeness (QED) is 0.929. The molecule has 1 aromatic rings. The molecule has 0 saturated heterocycles. The molecule has 1 aliphatic heterocycles. The lowest BCUT2D eigenvalue weighted by atomic mass is 9.89. The lowest BCUT2D eigenvalue weighted by Gasteiger charge is -2.35. The van der Waals surface area contributed by atoms with Crippen molar-refractivity contribution in [3.8, 4) is 6.07 Å². The number of carbonyl (C=O) groups is 1. The van der Waals surface area contributed by atoms with Gasteiger partial charge in [0.15, 0.2) is 0 Å². The average Bonchev–Trinajstić information content (AvgIpc) is 2.53. The van der Waals surface area contributed by atoms with E-state index in [1.807, 2.05) is 26.8 Å². The Morgan fingerprint density at radius 1 is 1.32 bits per heavy atom. The van der Waals surface area contributed by atoms with Crippen LogP contribution in [0.5, 0.6) is 0 Å². The van der Waals surface area contributed by atoms with Gasteiger partial charge in [-0.15, -0.1) is 0 Å². The summed E-state index contributed by atoms with van der Waals surface area (Å²) < 4.78 is 0. The van der Waals surface area contributed by atoms with Crippen LogP contribution in [0.2, 0.25) is 0 Å². The van der Waals surface area contributed by atoms with Gasteiger partial charge in [-0.05, 0) is 37.3 Å². The van der Waals surface area contributed by atoms with Gasteiger partial charge >= 0.3 is 0 Å². The predicted octanol–water partition coefficient (Wildman–Crippen LogP) is 2.49. The third kappa shape index (κ3) is 3.31. The van der Waals surface area contributed by atoms with Crippen molar-refractivity contribution in [1.29, 1.82) is 5.26 Å². The number of nitrogens with zero attached hydrogens (tertiary/aromatic N) is 2. The Morgan fingerprint density at radius 3 is 2.55 bits per heavy atom. The number of rotatable bonds is 4. The standard InChI is InChI=1S/C18H25N3O/c1-13(2)18(4,12-19)20-17(22)14(3)21-10-9-15-7-5-6-8-16(15)11-21/h5-8,13-14H,9-11H2,1-4H3,(H,20,22)/t14-,18-/m0/s1. The predicted molar refractivity (Wildman–Crippen MR) is 87.0 cm³/mol. The van der Waals surface area contributed by atoms with Crippen LogP contribution in [-0.2, 0) is 17.8 Å². The second-order valence-electron chi connectivity index (χ2n) is 6.62. The summed E-state index contributed by atoms with van der Waals surface area (Å²) in [5, 5.41) is 12.3. The minimum atomic E-state index is -0.820. The van der Waals surface area contributed by atoms with Crippen molar-refractivity contribution in [3.05, 3.63) is 35.4 Å². The molecule has 2 atom stereocenters. The molecule has 0 radical (unpaired) electrons. The highest BCUT2D eigenvalue weighted by molar-refractivity contribution is 5.82. The topological polar surface area (TPSA) is 56.1 Å². The van der Waals surface area contributed by atoms with E-state index in [1.54, 1.807) is 6.92 Å². The van der Waals surface area contributed by atoms with Gasteiger partial charge in [0.1, 0.15) is 5.54 Å². The van der Waals surface area contributed by atoms with Crippen molar-refractivity contribution in [2.24, 2.45) is 5.92 Å². The van der Waals surface area contributed by atoms with Crippen molar-refractivity contribution in [1.82, 2.24) is 10.2 Å². The molecule has 1 amide bonds. The zero-order chi connectivity index (χ0) is 16.3. The lowest BCUT2D eigenvalue weighted by molar-refractivity contribution is -0.127. The Hall–Kier alpha value is -1.86. The minimum absolute atomic E-state index is 0.0655. The van der Waals surface area contributed by atoms with Crippen LogP contribution in [0.25, 0.3) is 0 Å². The van der Waals surface area contributed by atoms with Crippen LogP contribution in [0.15, 0.2) is 24.3 Å². The van der Waals surface area contributed by atoms with Crippen LogP contribution in [0, 0.1) is 17.2 Å². The van der Waals surface area contributed by atoms with Gasteiger partial charge in [-0.2, -0.15) is 5.26 Å². The molecule has 0 aliphatic carbocycles. The van der Waals surface area contributed by atoms with Crippen molar-refractivity contribution < 1.29 is 4.79 Å². The molecule has 0 bridgehead atoms. The molecule has 1 aromatic carbocycles. The molecule has 1 aliphatic rings. The number of nitrogens with one attached hydrogen (secondary N) is 1. The molecule has 4 heteroatoms. The van der Waals surface area contributed by atoms with E-state index in [0.717, 1.165) is 19.5 Å². The maximum Gasteiger partial charge on any atom is 0.238 e. The Balaban J connectivity index is 2.05. The first-order chi connectivity index (χ1) is 10.4. The second kappa shape index (κ2) is 6.50. The van der Waals surface area contributed by atoms with E-state index in [-0.39, 0.29) is 17.9 Å². The number of carbonyl (C=O) groups excluding carboxylic acids is 1. The molecule has 0 aromatic heterocycles. The van der Waals surface area contributed by atoms with E-state index in [9.17, 15) is 10.1 Å². The van der Waals surface area contributed by atoms with E-state index in [4.69, 9.17) is 0 Å².